The van der Waals surface area contributed by atoms with E-state index in [2.05, 4.69) is 17.9 Å². The minimum absolute atomic E-state index is 0.549. The minimum atomic E-state index is 0.549. The van der Waals surface area contributed by atoms with Gasteiger partial charge in [0.1, 0.15) is 0 Å². The van der Waals surface area contributed by atoms with E-state index in [9.17, 15) is 0 Å². The molecule has 1 aliphatic heterocycles. The van der Waals surface area contributed by atoms with Crippen LogP contribution in [0.3, 0.4) is 0 Å². The van der Waals surface area contributed by atoms with Gasteiger partial charge in [-0.15, -0.1) is 0 Å². The zero-order valence-electron chi connectivity index (χ0n) is 5.51. The van der Waals surface area contributed by atoms with Crippen LogP contribution in [0.4, 0.5) is 0 Å². The van der Waals surface area contributed by atoms with Gasteiger partial charge in [-0.3, -0.25) is 0 Å². The summed E-state index contributed by atoms with van der Waals surface area (Å²) in [7, 11) is 0. The average molecular weight is 143 g/mol. The summed E-state index contributed by atoms with van der Waals surface area (Å²) in [5, 5.41) is 3.87. The lowest BCUT2D eigenvalue weighted by Gasteiger charge is -2.25. The average Bonchev–Trinajstić information content (AvgIpc) is 1.90. The largest absolute Gasteiger partial charge is 0.313 e. The van der Waals surface area contributed by atoms with E-state index in [1.54, 1.807) is 0 Å². The molecule has 0 amide bonds. The van der Waals surface area contributed by atoms with Gasteiger partial charge in [-0.05, 0) is 26.2 Å². The van der Waals surface area contributed by atoms with Crippen LogP contribution >= 0.6 is 12.6 Å². The number of hydrogen-bond donors (Lipinski definition) is 2. The maximum absolute atomic E-state index is 5.46. The molecule has 52 valence electrons. The van der Waals surface area contributed by atoms with Crippen molar-refractivity contribution in [3.8, 4) is 0 Å². The first-order valence-corrected chi connectivity index (χ1v) is 3.96. The number of piperidine rings is 1. The maximum Gasteiger partial charge on any atom is 0.0142 e. The van der Waals surface area contributed by atoms with Gasteiger partial charge in [0.15, 0.2) is 0 Å². The summed E-state index contributed by atoms with van der Waals surface area (Å²) < 4.78 is 0. The van der Waals surface area contributed by atoms with Gasteiger partial charge < -0.3 is 5.32 Å². The molecule has 1 aliphatic rings. The van der Waals surface area contributed by atoms with E-state index >= 15 is 0 Å². The highest BCUT2D eigenvalue weighted by atomic mass is 32.1. The number of hydrogen-bond acceptors (Lipinski definition) is 2. The maximum atomic E-state index is 5.46. The standard InChI is InChI=1S/C7H13NS/c1-2-6-3-4-7(9)5-8-6/h1,6-9H,2-5H2. The fourth-order valence-electron chi connectivity index (χ4n) is 1.10. The molecule has 2 atom stereocenters. The third kappa shape index (κ3) is 2.18. The van der Waals surface area contributed by atoms with Crippen molar-refractivity contribution < 1.29 is 0 Å². The third-order valence-electron chi connectivity index (χ3n) is 1.78. The monoisotopic (exact) mass is 143 g/mol. The second kappa shape index (κ2) is 3.47. The van der Waals surface area contributed by atoms with E-state index in [-0.39, 0.29) is 0 Å². The van der Waals surface area contributed by atoms with Crippen LogP contribution in [0.1, 0.15) is 19.3 Å². The summed E-state index contributed by atoms with van der Waals surface area (Å²) in [6, 6.07) is 0.549. The van der Waals surface area contributed by atoms with Crippen molar-refractivity contribution in [1.29, 1.82) is 0 Å². The van der Waals surface area contributed by atoms with Crippen molar-refractivity contribution >= 4 is 12.6 Å². The zero-order valence-corrected chi connectivity index (χ0v) is 6.40. The smallest absolute Gasteiger partial charge is 0.0142 e. The molecule has 2 heteroatoms. The Morgan fingerprint density at radius 3 is 2.78 bits per heavy atom. The Bertz CT molecular complexity index is 77.0. The van der Waals surface area contributed by atoms with Crippen molar-refractivity contribution in [3.63, 3.8) is 0 Å². The van der Waals surface area contributed by atoms with Crippen molar-refractivity contribution in [1.82, 2.24) is 5.32 Å². The number of nitrogens with one attached hydrogen (secondary N) is 1. The second-order valence-electron chi connectivity index (χ2n) is 2.57. The first-order valence-electron chi connectivity index (χ1n) is 3.44. The highest BCUT2D eigenvalue weighted by Crippen LogP contribution is 2.13. The topological polar surface area (TPSA) is 12.0 Å². The van der Waals surface area contributed by atoms with E-state index in [1.165, 1.54) is 12.8 Å². The lowest BCUT2D eigenvalue weighted by Crippen LogP contribution is -2.38. The Balaban J connectivity index is 2.18. The Kier molecular flexibility index (Phi) is 2.86. The molecule has 1 fully saturated rings. The molecule has 1 rings (SSSR count). The molecule has 0 aliphatic carbocycles. The predicted octanol–water partition coefficient (Wildman–Crippen LogP) is 1.14. The molecule has 2 unspecified atom stereocenters. The molecular formula is C7H13NS. The summed E-state index contributed by atoms with van der Waals surface area (Å²) in [4.78, 5) is 0. The van der Waals surface area contributed by atoms with Crippen LogP contribution in [0.2, 0.25) is 0 Å². The van der Waals surface area contributed by atoms with Crippen molar-refractivity contribution in [2.45, 2.75) is 30.6 Å². The highest BCUT2D eigenvalue weighted by molar-refractivity contribution is 7.81. The van der Waals surface area contributed by atoms with Crippen molar-refractivity contribution in [3.05, 3.63) is 6.92 Å². The molecule has 1 nitrogen and oxygen atoms in total. The molecular weight excluding hydrogens is 130 g/mol. The molecule has 0 bridgehead atoms. The molecule has 1 saturated heterocycles. The van der Waals surface area contributed by atoms with Gasteiger partial charge in [0.25, 0.3) is 0 Å². The van der Waals surface area contributed by atoms with Crippen LogP contribution < -0.4 is 5.32 Å². The van der Waals surface area contributed by atoms with E-state index in [0.717, 1.165) is 13.0 Å². The van der Waals surface area contributed by atoms with Gasteiger partial charge in [0, 0.05) is 17.8 Å². The van der Waals surface area contributed by atoms with Gasteiger partial charge >= 0.3 is 0 Å². The summed E-state index contributed by atoms with van der Waals surface area (Å²) in [6.07, 6.45) is 3.16. The first-order chi connectivity index (χ1) is 4.33. The van der Waals surface area contributed by atoms with E-state index < -0.39 is 0 Å². The second-order valence-corrected chi connectivity index (χ2v) is 3.30. The van der Waals surface area contributed by atoms with Crippen LogP contribution in [0, 0.1) is 6.92 Å². The van der Waals surface area contributed by atoms with Crippen LogP contribution in [0.25, 0.3) is 0 Å². The SMILES string of the molecule is [CH]CC1CCC(S)CN1. The zero-order chi connectivity index (χ0) is 6.69. The molecule has 9 heavy (non-hydrogen) atoms. The van der Waals surface area contributed by atoms with Crippen molar-refractivity contribution in [2.24, 2.45) is 0 Å². The van der Waals surface area contributed by atoms with Crippen LogP contribution in [-0.2, 0) is 0 Å². The third-order valence-corrected chi connectivity index (χ3v) is 2.22. The van der Waals surface area contributed by atoms with Crippen LogP contribution in [0.5, 0.6) is 0 Å². The Morgan fingerprint density at radius 2 is 2.33 bits per heavy atom. The van der Waals surface area contributed by atoms with E-state index in [0.29, 0.717) is 11.3 Å². The lowest BCUT2D eigenvalue weighted by molar-refractivity contribution is 0.411. The summed E-state index contributed by atoms with van der Waals surface area (Å²) in [6.45, 7) is 6.48. The van der Waals surface area contributed by atoms with E-state index in [4.69, 9.17) is 6.92 Å². The van der Waals surface area contributed by atoms with Gasteiger partial charge in [0.05, 0.1) is 0 Å². The van der Waals surface area contributed by atoms with Gasteiger partial charge in [-0.1, -0.05) is 0 Å². The van der Waals surface area contributed by atoms with Crippen molar-refractivity contribution in [2.75, 3.05) is 6.54 Å². The lowest BCUT2D eigenvalue weighted by atomic mass is 10.0. The summed E-state index contributed by atoms with van der Waals surface area (Å²) in [5.74, 6) is 0. The highest BCUT2D eigenvalue weighted by Gasteiger charge is 2.15. The predicted molar refractivity (Wildman–Crippen MR) is 42.7 cm³/mol. The molecule has 0 spiro atoms. The fourth-order valence-corrected chi connectivity index (χ4v) is 1.36. The minimum Gasteiger partial charge on any atom is -0.313 e. The molecule has 0 aromatic rings. The molecule has 1 heterocycles. The van der Waals surface area contributed by atoms with Crippen LogP contribution in [-0.4, -0.2) is 17.8 Å². The van der Waals surface area contributed by atoms with E-state index in [1.807, 2.05) is 0 Å². The molecule has 0 aromatic heterocycles. The first kappa shape index (κ1) is 7.42. The molecule has 1 N–H and O–H groups in total. The Labute approximate surface area is 62.6 Å². The normalized spacial score (nSPS) is 36.7. The Morgan fingerprint density at radius 1 is 1.56 bits per heavy atom. The summed E-state index contributed by atoms with van der Waals surface area (Å²) >= 11 is 4.34. The fraction of sp³-hybridized carbons (Fsp3) is 0.857. The number of thiol groups is 1. The molecule has 2 radical (unpaired) electrons. The molecule has 0 aromatic carbocycles. The molecule has 0 saturated carbocycles. The van der Waals surface area contributed by atoms with Gasteiger partial charge in [-0.25, -0.2) is 0 Å². The summed E-state index contributed by atoms with van der Waals surface area (Å²) in [5.41, 5.74) is 0. The van der Waals surface area contributed by atoms with Gasteiger partial charge in [-0.2, -0.15) is 12.6 Å². The van der Waals surface area contributed by atoms with Crippen LogP contribution in [0.15, 0.2) is 0 Å². The quantitative estimate of drug-likeness (QED) is 0.524. The Hall–Kier alpha value is 0.310. The van der Waals surface area contributed by atoms with Gasteiger partial charge in [0.2, 0.25) is 0 Å². The number of rotatable bonds is 1.